The zero-order valence-electron chi connectivity index (χ0n) is 25.2. The van der Waals surface area contributed by atoms with E-state index >= 15 is 0 Å². The van der Waals surface area contributed by atoms with E-state index in [1.54, 1.807) is 72.8 Å². The van der Waals surface area contributed by atoms with Crippen molar-refractivity contribution in [1.82, 2.24) is 0 Å². The molecule has 0 saturated carbocycles. The Balaban J connectivity index is 1.83. The lowest BCUT2D eigenvalue weighted by Gasteiger charge is -2.27. The Bertz CT molecular complexity index is 1470. The number of hydrogen-bond donors (Lipinski definition) is 2. The molecule has 0 aliphatic heterocycles. The van der Waals surface area contributed by atoms with Gasteiger partial charge in [0.05, 0.1) is 11.1 Å². The van der Waals surface area contributed by atoms with Crippen LogP contribution in [-0.2, 0) is 10.8 Å². The van der Waals surface area contributed by atoms with Gasteiger partial charge in [-0.3, -0.25) is 0 Å². The van der Waals surface area contributed by atoms with Crippen molar-refractivity contribution in [3.05, 3.63) is 118 Å². The summed E-state index contributed by atoms with van der Waals surface area (Å²) in [6.07, 6.45) is 0. The molecule has 6 heteroatoms. The number of benzene rings is 4. The summed E-state index contributed by atoms with van der Waals surface area (Å²) in [4.78, 5) is 25.8. The van der Waals surface area contributed by atoms with Gasteiger partial charge in [0.15, 0.2) is 0 Å². The summed E-state index contributed by atoms with van der Waals surface area (Å²) in [5.41, 5.74) is 1.92. The monoisotopic (exact) mass is 566 g/mol. The molecule has 0 atom stereocenters. The van der Waals surface area contributed by atoms with Crippen molar-refractivity contribution in [2.75, 3.05) is 0 Å². The van der Waals surface area contributed by atoms with E-state index in [-0.39, 0.29) is 23.0 Å². The zero-order valence-corrected chi connectivity index (χ0v) is 25.2. The summed E-state index contributed by atoms with van der Waals surface area (Å²) in [7, 11) is 0. The highest BCUT2D eigenvalue weighted by atomic mass is 16.5. The average Bonchev–Trinajstić information content (AvgIpc) is 2.94. The molecule has 2 N–H and O–H groups in total. The number of carbonyl (C=O) groups excluding carboxylic acids is 2. The van der Waals surface area contributed by atoms with Crippen molar-refractivity contribution in [2.45, 2.75) is 65.2 Å². The predicted octanol–water partition coefficient (Wildman–Crippen LogP) is 8.28. The van der Waals surface area contributed by atoms with E-state index in [1.165, 1.54) is 0 Å². The van der Waals surface area contributed by atoms with Crippen molar-refractivity contribution in [2.24, 2.45) is 0 Å². The summed E-state index contributed by atoms with van der Waals surface area (Å²) >= 11 is 0. The lowest BCUT2D eigenvalue weighted by Crippen LogP contribution is -2.16. The van der Waals surface area contributed by atoms with Gasteiger partial charge in [0.2, 0.25) is 0 Å². The molecule has 6 nitrogen and oxygen atoms in total. The van der Waals surface area contributed by atoms with Crippen molar-refractivity contribution in [3.8, 4) is 23.0 Å². The minimum absolute atomic E-state index is 0.0397. The van der Waals surface area contributed by atoms with E-state index in [9.17, 15) is 19.8 Å². The summed E-state index contributed by atoms with van der Waals surface area (Å²) in [5, 5.41) is 23.0. The third kappa shape index (κ3) is 6.65. The molecule has 218 valence electrons. The quantitative estimate of drug-likeness (QED) is 0.180. The molecule has 42 heavy (non-hydrogen) atoms. The number of rotatable bonds is 6. The molecule has 0 aliphatic rings. The number of hydrogen-bond acceptors (Lipinski definition) is 6. The average molecular weight is 567 g/mol. The predicted molar refractivity (Wildman–Crippen MR) is 164 cm³/mol. The highest BCUT2D eigenvalue weighted by molar-refractivity contribution is 5.91. The van der Waals surface area contributed by atoms with Crippen molar-refractivity contribution < 1.29 is 29.3 Å². The Morgan fingerprint density at radius 3 is 1.24 bits per heavy atom. The van der Waals surface area contributed by atoms with Gasteiger partial charge >= 0.3 is 11.9 Å². The molecule has 0 spiro atoms. The van der Waals surface area contributed by atoms with Gasteiger partial charge in [-0.1, -0.05) is 84.9 Å². The highest BCUT2D eigenvalue weighted by Crippen LogP contribution is 2.46. The van der Waals surface area contributed by atoms with Crippen LogP contribution in [0.2, 0.25) is 0 Å². The normalized spacial score (nSPS) is 11.8. The van der Waals surface area contributed by atoms with Gasteiger partial charge in [0.1, 0.15) is 23.0 Å². The minimum atomic E-state index is -0.571. The minimum Gasteiger partial charge on any atom is -0.507 e. The number of phenols is 2. The second-order valence-electron chi connectivity index (χ2n) is 12.6. The van der Waals surface area contributed by atoms with E-state index in [0.717, 1.165) is 0 Å². The maximum absolute atomic E-state index is 12.9. The molecule has 0 saturated heterocycles. The van der Waals surface area contributed by atoms with Crippen LogP contribution >= 0.6 is 0 Å². The first kappa shape index (κ1) is 30.4. The molecule has 4 rings (SSSR count). The van der Waals surface area contributed by atoms with Gasteiger partial charge in [-0.2, -0.15) is 0 Å². The van der Waals surface area contributed by atoms with Crippen LogP contribution in [0.15, 0.2) is 84.9 Å². The molecule has 0 radical (unpaired) electrons. The van der Waals surface area contributed by atoms with Crippen LogP contribution in [0.1, 0.15) is 97.4 Å². The van der Waals surface area contributed by atoms with Crippen molar-refractivity contribution >= 4 is 11.9 Å². The first-order chi connectivity index (χ1) is 19.7. The molecule has 0 amide bonds. The van der Waals surface area contributed by atoms with Gasteiger partial charge < -0.3 is 19.7 Å². The van der Waals surface area contributed by atoms with Crippen LogP contribution in [0.25, 0.3) is 0 Å². The highest BCUT2D eigenvalue weighted by Gasteiger charge is 2.29. The van der Waals surface area contributed by atoms with Crippen LogP contribution < -0.4 is 9.47 Å². The Hall–Kier alpha value is -4.58. The summed E-state index contributed by atoms with van der Waals surface area (Å²) in [5.74, 6) is -0.986. The third-order valence-corrected chi connectivity index (χ3v) is 7.21. The van der Waals surface area contributed by atoms with Gasteiger partial charge in [-0.25, -0.2) is 9.59 Å². The van der Waals surface area contributed by atoms with Gasteiger partial charge in [-0.15, -0.1) is 0 Å². The lowest BCUT2D eigenvalue weighted by molar-refractivity contribution is 0.0725. The van der Waals surface area contributed by atoms with Crippen LogP contribution in [0.3, 0.4) is 0 Å². The van der Waals surface area contributed by atoms with Crippen molar-refractivity contribution in [1.29, 1.82) is 0 Å². The molecule has 0 aliphatic carbocycles. The van der Waals surface area contributed by atoms with Crippen LogP contribution in [-0.4, -0.2) is 22.2 Å². The van der Waals surface area contributed by atoms with E-state index < -0.39 is 28.7 Å². The smallest absolute Gasteiger partial charge is 0.343 e. The fourth-order valence-corrected chi connectivity index (χ4v) is 4.83. The Morgan fingerprint density at radius 1 is 0.595 bits per heavy atom. The van der Waals surface area contributed by atoms with Crippen molar-refractivity contribution in [3.63, 3.8) is 0 Å². The molecule has 0 aromatic heterocycles. The second-order valence-corrected chi connectivity index (χ2v) is 12.6. The van der Waals surface area contributed by atoms with Crippen LogP contribution in [0, 0.1) is 0 Å². The lowest BCUT2D eigenvalue weighted by atomic mass is 9.79. The SMILES string of the molecule is CC(c1cc(OC(=O)c2ccccc2)cc(C(C)(C)C)c1O)c1cc(OC(=O)c2ccccc2)cc(C(C)(C)C)c1O. The fourth-order valence-electron chi connectivity index (χ4n) is 4.83. The Labute approximate surface area is 247 Å². The van der Waals surface area contributed by atoms with E-state index in [0.29, 0.717) is 33.4 Å². The topological polar surface area (TPSA) is 93.1 Å². The Kier molecular flexibility index (Phi) is 8.48. The molecule has 0 heterocycles. The molecule has 0 fully saturated rings. The van der Waals surface area contributed by atoms with E-state index in [2.05, 4.69) is 0 Å². The summed E-state index contributed by atoms with van der Waals surface area (Å²) < 4.78 is 11.5. The standard InChI is InChI=1S/C36H38O6/c1-22(27-18-25(20-29(31(27)37)35(2,3)4)41-33(39)23-14-10-8-11-15-23)28-19-26(21-30(32(28)38)36(5,6)7)42-34(40)24-16-12-9-13-17-24/h8-22,37-38H,1-7H3. The molecule has 0 bridgehead atoms. The first-order valence-electron chi connectivity index (χ1n) is 14.0. The second kappa shape index (κ2) is 11.7. The molecule has 0 unspecified atom stereocenters. The maximum atomic E-state index is 12.9. The first-order valence-corrected chi connectivity index (χ1v) is 14.0. The fraction of sp³-hybridized carbons (Fsp3) is 0.278. The molecule has 4 aromatic carbocycles. The molecular formula is C36H38O6. The van der Waals surface area contributed by atoms with Crippen LogP contribution in [0.5, 0.6) is 23.0 Å². The van der Waals surface area contributed by atoms with E-state index in [4.69, 9.17) is 9.47 Å². The largest absolute Gasteiger partial charge is 0.507 e. The third-order valence-electron chi connectivity index (χ3n) is 7.21. The Morgan fingerprint density at radius 2 is 0.929 bits per heavy atom. The number of phenolic OH excluding ortho intramolecular Hbond substituents is 2. The molecule has 4 aromatic rings. The maximum Gasteiger partial charge on any atom is 0.343 e. The number of carbonyl (C=O) groups is 2. The summed E-state index contributed by atoms with van der Waals surface area (Å²) in [6.45, 7) is 13.6. The van der Waals surface area contributed by atoms with Crippen LogP contribution in [0.4, 0.5) is 0 Å². The molecular weight excluding hydrogens is 528 g/mol. The van der Waals surface area contributed by atoms with Gasteiger partial charge in [0.25, 0.3) is 0 Å². The number of esters is 2. The zero-order chi connectivity index (χ0) is 30.8. The summed E-state index contributed by atoms with van der Waals surface area (Å²) in [6, 6.07) is 23.9. The van der Waals surface area contributed by atoms with Gasteiger partial charge in [0, 0.05) is 28.2 Å². The number of aromatic hydroxyl groups is 2. The number of ether oxygens (including phenoxy) is 2. The van der Waals surface area contributed by atoms with E-state index in [1.807, 2.05) is 60.6 Å². The van der Waals surface area contributed by atoms with Gasteiger partial charge in [-0.05, 0) is 59.4 Å².